The van der Waals surface area contributed by atoms with Crippen molar-refractivity contribution in [2.24, 2.45) is 5.73 Å². The van der Waals surface area contributed by atoms with Crippen LogP contribution in [0.4, 0.5) is 0 Å². The highest BCUT2D eigenvalue weighted by molar-refractivity contribution is 6.33. The van der Waals surface area contributed by atoms with Crippen LogP contribution in [-0.2, 0) is 19.1 Å². The fraction of sp³-hybridized carbons (Fsp3) is 0.750. The Morgan fingerprint density at radius 1 is 1.26 bits per heavy atom. The molecule has 0 saturated carbocycles. The maximum absolute atomic E-state index is 11.5. The van der Waals surface area contributed by atoms with E-state index in [1.165, 1.54) is 0 Å². The van der Waals surface area contributed by atoms with Gasteiger partial charge in [0, 0.05) is 0 Å². The third-order valence-electron chi connectivity index (χ3n) is 2.13. The second-order valence-corrected chi connectivity index (χ2v) is 5.15. The quantitative estimate of drug-likeness (QED) is 0.357. The van der Waals surface area contributed by atoms with Crippen molar-refractivity contribution in [1.29, 1.82) is 0 Å². The van der Waals surface area contributed by atoms with Crippen LogP contribution in [0.2, 0.25) is 0 Å². The molecule has 7 heteroatoms. The third-order valence-corrected chi connectivity index (χ3v) is 2.13. The minimum atomic E-state index is -1.19. The van der Waals surface area contributed by atoms with Crippen molar-refractivity contribution in [2.45, 2.75) is 51.7 Å². The number of carbonyl (C=O) groups is 3. The first-order valence-electron chi connectivity index (χ1n) is 6.14. The van der Waals surface area contributed by atoms with E-state index in [4.69, 9.17) is 15.6 Å². The summed E-state index contributed by atoms with van der Waals surface area (Å²) >= 11 is 0. The average Bonchev–Trinajstić information content (AvgIpc) is 2.25. The molecule has 0 bridgehead atoms. The lowest BCUT2D eigenvalue weighted by Gasteiger charge is -2.20. The number of nitrogens with one attached hydrogen (secondary N) is 1. The van der Waals surface area contributed by atoms with Gasteiger partial charge in [-0.1, -0.05) is 0 Å². The molecule has 0 heterocycles. The van der Waals surface area contributed by atoms with Gasteiger partial charge in [0.2, 0.25) is 0 Å². The maximum atomic E-state index is 11.5. The number of esters is 1. The second-order valence-electron chi connectivity index (χ2n) is 5.15. The predicted molar refractivity (Wildman–Crippen MR) is 68.3 cm³/mol. The van der Waals surface area contributed by atoms with E-state index in [1.54, 1.807) is 20.8 Å². The number of hydrogen-bond acceptors (Lipinski definition) is 5. The van der Waals surface area contributed by atoms with Gasteiger partial charge in [0.05, 0.1) is 0 Å². The smallest absolute Gasteiger partial charge is 0.397 e. The minimum Gasteiger partial charge on any atom is -0.480 e. The van der Waals surface area contributed by atoms with Gasteiger partial charge in [0.25, 0.3) is 0 Å². The minimum absolute atomic E-state index is 0.223. The number of carboxylic acids is 1. The summed E-state index contributed by atoms with van der Waals surface area (Å²) in [6, 6.07) is -1.11. The lowest BCUT2D eigenvalue weighted by atomic mass is 10.1. The number of carbonyl (C=O) groups excluding carboxylic acids is 2. The zero-order chi connectivity index (χ0) is 15.1. The van der Waals surface area contributed by atoms with Gasteiger partial charge in [0.15, 0.2) is 0 Å². The Labute approximate surface area is 112 Å². The van der Waals surface area contributed by atoms with Crippen molar-refractivity contribution in [3.05, 3.63) is 0 Å². The molecule has 0 rings (SSSR count). The lowest BCUT2D eigenvalue weighted by molar-refractivity contribution is -0.164. The molecule has 0 aliphatic carbocycles. The highest BCUT2D eigenvalue weighted by atomic mass is 16.6. The molecule has 0 aliphatic rings. The van der Waals surface area contributed by atoms with Crippen LogP contribution in [0.3, 0.4) is 0 Å². The first-order chi connectivity index (χ1) is 8.67. The van der Waals surface area contributed by atoms with E-state index in [0.29, 0.717) is 19.4 Å². The van der Waals surface area contributed by atoms with Crippen molar-refractivity contribution in [3.8, 4) is 0 Å². The van der Waals surface area contributed by atoms with Crippen LogP contribution in [-0.4, -0.2) is 41.1 Å². The van der Waals surface area contributed by atoms with E-state index in [-0.39, 0.29) is 6.42 Å². The zero-order valence-electron chi connectivity index (χ0n) is 11.6. The molecule has 7 nitrogen and oxygen atoms in total. The number of ether oxygens (including phenoxy) is 1. The van der Waals surface area contributed by atoms with Gasteiger partial charge < -0.3 is 20.9 Å². The van der Waals surface area contributed by atoms with Crippen molar-refractivity contribution in [1.82, 2.24) is 5.32 Å². The van der Waals surface area contributed by atoms with Crippen LogP contribution in [0.5, 0.6) is 0 Å². The van der Waals surface area contributed by atoms with Gasteiger partial charge in [-0.15, -0.1) is 0 Å². The lowest BCUT2D eigenvalue weighted by Crippen LogP contribution is -2.45. The van der Waals surface area contributed by atoms with Crippen LogP contribution in [0.25, 0.3) is 0 Å². The molecule has 19 heavy (non-hydrogen) atoms. The molecule has 0 saturated heterocycles. The molecular weight excluding hydrogens is 252 g/mol. The molecule has 0 spiro atoms. The molecule has 1 amide bonds. The Hall–Kier alpha value is -1.63. The van der Waals surface area contributed by atoms with Crippen molar-refractivity contribution in [2.75, 3.05) is 6.54 Å². The van der Waals surface area contributed by atoms with Crippen LogP contribution in [0.1, 0.15) is 40.0 Å². The van der Waals surface area contributed by atoms with Crippen molar-refractivity contribution in [3.63, 3.8) is 0 Å². The molecule has 110 valence electrons. The Morgan fingerprint density at radius 2 is 1.84 bits per heavy atom. The van der Waals surface area contributed by atoms with Gasteiger partial charge >= 0.3 is 17.8 Å². The number of nitrogens with two attached hydrogens (primary N) is 1. The fourth-order valence-corrected chi connectivity index (χ4v) is 1.29. The zero-order valence-corrected chi connectivity index (χ0v) is 11.6. The van der Waals surface area contributed by atoms with Gasteiger partial charge in [-0.25, -0.2) is 9.59 Å². The second kappa shape index (κ2) is 7.73. The third kappa shape index (κ3) is 8.15. The Morgan fingerprint density at radius 3 is 2.26 bits per heavy atom. The van der Waals surface area contributed by atoms with E-state index < -0.39 is 29.5 Å². The molecule has 4 N–H and O–H groups in total. The van der Waals surface area contributed by atoms with Gasteiger partial charge in [-0.2, -0.15) is 0 Å². The first kappa shape index (κ1) is 17.4. The molecule has 0 fully saturated rings. The summed E-state index contributed by atoms with van der Waals surface area (Å²) in [7, 11) is 0. The molecule has 0 aliphatic heterocycles. The van der Waals surface area contributed by atoms with Crippen LogP contribution < -0.4 is 11.1 Å². The van der Waals surface area contributed by atoms with Gasteiger partial charge in [-0.05, 0) is 46.6 Å². The van der Waals surface area contributed by atoms with Crippen LogP contribution in [0.15, 0.2) is 0 Å². The molecule has 0 aromatic rings. The van der Waals surface area contributed by atoms with Gasteiger partial charge in [0.1, 0.15) is 11.6 Å². The summed E-state index contributed by atoms with van der Waals surface area (Å²) in [4.78, 5) is 33.8. The van der Waals surface area contributed by atoms with E-state index in [1.807, 2.05) is 0 Å². The normalized spacial score (nSPS) is 12.6. The van der Waals surface area contributed by atoms with Crippen LogP contribution >= 0.6 is 0 Å². The molecule has 0 aromatic heterocycles. The number of carboxylic acid groups (broad SMARTS) is 1. The number of amides is 1. The highest BCUT2D eigenvalue weighted by Gasteiger charge is 2.27. The van der Waals surface area contributed by atoms with E-state index in [0.717, 1.165) is 0 Å². The summed E-state index contributed by atoms with van der Waals surface area (Å²) in [5.41, 5.74) is 4.50. The monoisotopic (exact) mass is 274 g/mol. The Kier molecular flexibility index (Phi) is 7.06. The molecule has 0 radical (unpaired) electrons. The summed E-state index contributed by atoms with van der Waals surface area (Å²) in [5, 5.41) is 11.1. The fourth-order valence-electron chi connectivity index (χ4n) is 1.29. The Balaban J connectivity index is 4.38. The number of rotatable bonds is 6. The maximum Gasteiger partial charge on any atom is 0.397 e. The van der Waals surface area contributed by atoms with E-state index in [2.05, 4.69) is 5.32 Å². The SMILES string of the molecule is CC(C)(C)OC(=O)C(=O)N[C@@H](CCCCN)C(=O)O. The molecule has 0 aromatic carbocycles. The molecule has 1 atom stereocenters. The summed E-state index contributed by atoms with van der Waals surface area (Å²) < 4.78 is 4.84. The summed E-state index contributed by atoms with van der Waals surface area (Å²) in [5.74, 6) is -3.32. The van der Waals surface area contributed by atoms with Crippen LogP contribution in [0, 0.1) is 0 Å². The van der Waals surface area contributed by atoms with Gasteiger partial charge in [-0.3, -0.25) is 4.79 Å². The standard InChI is InChI=1S/C12H22N2O5/c1-12(2,3)19-11(18)9(15)14-8(10(16)17)6-4-5-7-13/h8H,4-7,13H2,1-3H3,(H,14,15)(H,16,17)/t8-/m0/s1. The number of unbranched alkanes of at least 4 members (excludes halogenated alkanes) is 1. The van der Waals surface area contributed by atoms with E-state index >= 15 is 0 Å². The predicted octanol–water partition coefficient (Wildman–Crippen LogP) is 0.0265. The average molecular weight is 274 g/mol. The number of hydrogen-bond donors (Lipinski definition) is 3. The van der Waals surface area contributed by atoms with Crippen molar-refractivity contribution < 1.29 is 24.2 Å². The van der Waals surface area contributed by atoms with E-state index in [9.17, 15) is 14.4 Å². The van der Waals surface area contributed by atoms with Crippen molar-refractivity contribution >= 4 is 17.8 Å². The topological polar surface area (TPSA) is 119 Å². The largest absolute Gasteiger partial charge is 0.480 e. The summed E-state index contributed by atoms with van der Waals surface area (Å²) in [6.45, 7) is 5.31. The highest BCUT2D eigenvalue weighted by Crippen LogP contribution is 2.07. The first-order valence-corrected chi connectivity index (χ1v) is 6.14. The summed E-state index contributed by atoms with van der Waals surface area (Å²) in [6.07, 6.45) is 1.44. The molecular formula is C12H22N2O5. The number of aliphatic carboxylic acids is 1. The Bertz CT molecular complexity index is 336. The molecule has 0 unspecified atom stereocenters.